The largest absolute Gasteiger partial charge is 0.377 e. The van der Waals surface area contributed by atoms with Crippen LogP contribution in [0.1, 0.15) is 13.3 Å². The number of nitrogens with zero attached hydrogens (tertiary/aromatic N) is 2. The van der Waals surface area contributed by atoms with Crippen molar-refractivity contribution in [1.82, 2.24) is 9.97 Å². The fourth-order valence-corrected chi connectivity index (χ4v) is 2.57. The molecular weight excluding hydrogens is 212 g/mol. The van der Waals surface area contributed by atoms with Gasteiger partial charge >= 0.3 is 0 Å². The Hall–Kier alpha value is -0.850. The first-order chi connectivity index (χ1) is 7.29. The highest BCUT2D eigenvalue weighted by Gasteiger charge is 2.25. The molecule has 1 fully saturated rings. The first-order valence-corrected chi connectivity index (χ1v) is 5.75. The second-order valence-corrected chi connectivity index (χ2v) is 4.64. The lowest BCUT2D eigenvalue weighted by Crippen LogP contribution is -2.14. The van der Waals surface area contributed by atoms with Gasteiger partial charge in [-0.25, -0.2) is 15.8 Å². The van der Waals surface area contributed by atoms with E-state index < -0.39 is 0 Å². The Labute approximate surface area is 92.8 Å². The maximum absolute atomic E-state index is 5.49. The molecule has 0 aromatic carbocycles. The number of nitrogens with one attached hydrogen (secondary N) is 1. The van der Waals surface area contributed by atoms with Gasteiger partial charge in [0.1, 0.15) is 5.03 Å². The van der Waals surface area contributed by atoms with Crippen LogP contribution in [0.5, 0.6) is 0 Å². The average Bonchev–Trinajstić information content (AvgIpc) is 2.65. The van der Waals surface area contributed by atoms with Crippen LogP contribution in [-0.4, -0.2) is 27.9 Å². The standard InChI is InChI=1S/C9H14N4OS/c1-6-7(3-5-14-6)15-8-2-4-11-9(12-8)13-10/h2,4,6-7H,3,5,10H2,1H3,(H,11,12,13). The van der Waals surface area contributed by atoms with Crippen LogP contribution in [0.15, 0.2) is 17.3 Å². The number of nitrogens with two attached hydrogens (primary N) is 1. The van der Waals surface area contributed by atoms with Crippen molar-refractivity contribution in [3.8, 4) is 0 Å². The van der Waals surface area contributed by atoms with Gasteiger partial charge in [0.25, 0.3) is 0 Å². The number of thioether (sulfide) groups is 1. The number of ether oxygens (including phenoxy) is 1. The summed E-state index contributed by atoms with van der Waals surface area (Å²) in [6.45, 7) is 2.93. The SMILES string of the molecule is CC1OCCC1Sc1ccnc(NN)n1. The van der Waals surface area contributed by atoms with E-state index >= 15 is 0 Å². The van der Waals surface area contributed by atoms with Crippen LogP contribution in [-0.2, 0) is 4.74 Å². The van der Waals surface area contributed by atoms with Crippen LogP contribution in [0.25, 0.3) is 0 Å². The predicted octanol–water partition coefficient (Wildman–Crippen LogP) is 1.03. The summed E-state index contributed by atoms with van der Waals surface area (Å²) in [6.07, 6.45) is 3.06. The maximum Gasteiger partial charge on any atom is 0.238 e. The van der Waals surface area contributed by atoms with E-state index in [0.29, 0.717) is 17.3 Å². The summed E-state index contributed by atoms with van der Waals surface area (Å²) >= 11 is 1.72. The molecule has 2 unspecified atom stereocenters. The molecule has 1 aliphatic rings. The molecule has 2 heterocycles. The smallest absolute Gasteiger partial charge is 0.238 e. The monoisotopic (exact) mass is 226 g/mol. The summed E-state index contributed by atoms with van der Waals surface area (Å²) in [6, 6.07) is 1.89. The molecule has 0 bridgehead atoms. The first kappa shape index (κ1) is 10.7. The number of anilines is 1. The zero-order chi connectivity index (χ0) is 10.7. The van der Waals surface area contributed by atoms with Gasteiger partial charge < -0.3 is 4.74 Å². The fourth-order valence-electron chi connectivity index (χ4n) is 1.50. The molecule has 3 N–H and O–H groups in total. The summed E-state index contributed by atoms with van der Waals surface area (Å²) < 4.78 is 5.49. The first-order valence-electron chi connectivity index (χ1n) is 4.87. The number of aromatic nitrogens is 2. The van der Waals surface area contributed by atoms with Crippen LogP contribution in [0, 0.1) is 0 Å². The van der Waals surface area contributed by atoms with E-state index in [-0.39, 0.29) is 0 Å². The van der Waals surface area contributed by atoms with Crippen LogP contribution < -0.4 is 11.3 Å². The van der Waals surface area contributed by atoms with Gasteiger partial charge in [0.05, 0.1) is 6.10 Å². The van der Waals surface area contributed by atoms with Crippen LogP contribution in [0.2, 0.25) is 0 Å². The second kappa shape index (κ2) is 4.78. The van der Waals surface area contributed by atoms with Crippen LogP contribution in [0.4, 0.5) is 5.95 Å². The fraction of sp³-hybridized carbons (Fsp3) is 0.556. The Bertz CT molecular complexity index is 336. The molecule has 2 rings (SSSR count). The van der Waals surface area contributed by atoms with Gasteiger partial charge in [-0.05, 0) is 19.4 Å². The number of hydrogen-bond acceptors (Lipinski definition) is 6. The molecule has 5 nitrogen and oxygen atoms in total. The van der Waals surface area contributed by atoms with Crippen molar-refractivity contribution >= 4 is 17.7 Å². The van der Waals surface area contributed by atoms with Crippen molar-refractivity contribution in [2.24, 2.45) is 5.84 Å². The van der Waals surface area contributed by atoms with Crippen molar-refractivity contribution in [2.45, 2.75) is 29.7 Å². The van der Waals surface area contributed by atoms with E-state index in [9.17, 15) is 0 Å². The van der Waals surface area contributed by atoms with Gasteiger partial charge in [0.15, 0.2) is 0 Å². The molecule has 1 aromatic rings. The Morgan fingerprint density at radius 1 is 1.67 bits per heavy atom. The van der Waals surface area contributed by atoms with Gasteiger partial charge in [-0.2, -0.15) is 0 Å². The van der Waals surface area contributed by atoms with Gasteiger partial charge in [-0.1, -0.05) is 0 Å². The van der Waals surface area contributed by atoms with Crippen LogP contribution in [0.3, 0.4) is 0 Å². The van der Waals surface area contributed by atoms with Crippen molar-refractivity contribution in [2.75, 3.05) is 12.0 Å². The van der Waals surface area contributed by atoms with E-state index in [1.807, 2.05) is 6.07 Å². The molecule has 0 saturated carbocycles. The molecule has 0 amide bonds. The highest BCUT2D eigenvalue weighted by atomic mass is 32.2. The van der Waals surface area contributed by atoms with Crippen molar-refractivity contribution < 1.29 is 4.74 Å². The minimum Gasteiger partial charge on any atom is -0.377 e. The Balaban J connectivity index is 2.03. The maximum atomic E-state index is 5.49. The molecule has 0 aliphatic carbocycles. The zero-order valence-electron chi connectivity index (χ0n) is 8.51. The second-order valence-electron chi connectivity index (χ2n) is 3.38. The van der Waals surface area contributed by atoms with Crippen molar-refractivity contribution in [3.05, 3.63) is 12.3 Å². The Kier molecular flexibility index (Phi) is 3.40. The van der Waals surface area contributed by atoms with E-state index in [4.69, 9.17) is 10.6 Å². The third-order valence-corrected chi connectivity index (χ3v) is 3.73. The summed E-state index contributed by atoms with van der Waals surface area (Å²) in [5.41, 5.74) is 2.44. The number of hydrazine groups is 1. The molecule has 82 valence electrons. The zero-order valence-corrected chi connectivity index (χ0v) is 9.33. The van der Waals surface area contributed by atoms with Gasteiger partial charge in [-0.3, -0.25) is 5.43 Å². The molecule has 0 radical (unpaired) electrons. The van der Waals surface area contributed by atoms with Crippen molar-refractivity contribution in [1.29, 1.82) is 0 Å². The van der Waals surface area contributed by atoms with Crippen LogP contribution >= 0.6 is 11.8 Å². The minimum atomic E-state index is 0.291. The highest BCUT2D eigenvalue weighted by molar-refractivity contribution is 7.99. The number of hydrogen-bond donors (Lipinski definition) is 2. The predicted molar refractivity (Wildman–Crippen MR) is 59.5 cm³/mol. The minimum absolute atomic E-state index is 0.291. The molecular formula is C9H14N4OS. The van der Waals surface area contributed by atoms with E-state index in [1.54, 1.807) is 18.0 Å². The summed E-state index contributed by atoms with van der Waals surface area (Å²) in [7, 11) is 0. The third kappa shape index (κ3) is 2.58. The Morgan fingerprint density at radius 3 is 3.20 bits per heavy atom. The van der Waals surface area contributed by atoms with Crippen molar-refractivity contribution in [3.63, 3.8) is 0 Å². The van der Waals surface area contributed by atoms with E-state index in [2.05, 4.69) is 22.3 Å². The molecule has 1 aliphatic heterocycles. The molecule has 6 heteroatoms. The summed E-state index contributed by atoms with van der Waals surface area (Å²) in [4.78, 5) is 8.21. The number of rotatable bonds is 3. The molecule has 2 atom stereocenters. The topological polar surface area (TPSA) is 73.1 Å². The summed E-state index contributed by atoms with van der Waals surface area (Å²) in [5, 5.41) is 1.41. The summed E-state index contributed by atoms with van der Waals surface area (Å²) in [5.74, 6) is 5.70. The van der Waals surface area contributed by atoms with Gasteiger partial charge in [0, 0.05) is 18.1 Å². The highest BCUT2D eigenvalue weighted by Crippen LogP contribution is 2.31. The average molecular weight is 226 g/mol. The van der Waals surface area contributed by atoms with E-state index in [0.717, 1.165) is 18.1 Å². The lowest BCUT2D eigenvalue weighted by molar-refractivity contribution is 0.127. The van der Waals surface area contributed by atoms with Gasteiger partial charge in [0.2, 0.25) is 5.95 Å². The van der Waals surface area contributed by atoms with Gasteiger partial charge in [-0.15, -0.1) is 11.8 Å². The molecule has 15 heavy (non-hydrogen) atoms. The lowest BCUT2D eigenvalue weighted by atomic mass is 10.3. The quantitative estimate of drug-likeness (QED) is 0.455. The molecule has 1 saturated heterocycles. The number of nitrogen functional groups attached to an aromatic ring is 1. The normalized spacial score (nSPS) is 25.5. The molecule has 1 aromatic heterocycles. The lowest BCUT2D eigenvalue weighted by Gasteiger charge is -2.12. The molecule has 0 spiro atoms. The van der Waals surface area contributed by atoms with E-state index in [1.165, 1.54) is 0 Å². The third-order valence-electron chi connectivity index (χ3n) is 2.34. The Morgan fingerprint density at radius 2 is 2.53 bits per heavy atom.